The summed E-state index contributed by atoms with van der Waals surface area (Å²) in [6.45, 7) is -0.760. The number of aliphatic hydroxyl groups is 9. The molecule has 0 fully saturated rings. The summed E-state index contributed by atoms with van der Waals surface area (Å²) >= 11 is 0. The number of carboxylic acids is 2. The van der Waals surface area contributed by atoms with Gasteiger partial charge in [0, 0.05) is 16.5 Å². The first-order valence-electron chi connectivity index (χ1n) is 6.79. The van der Waals surface area contributed by atoms with E-state index in [1.54, 1.807) is 0 Å². The third kappa shape index (κ3) is 10.6. The van der Waals surface area contributed by atoms with Gasteiger partial charge in [-0.1, -0.05) is 0 Å². The summed E-state index contributed by atoms with van der Waals surface area (Å²) in [6, 6.07) is 0. The maximum absolute atomic E-state index is 10.1. The van der Waals surface area contributed by atoms with Crippen molar-refractivity contribution in [2.45, 2.75) is 48.8 Å². The van der Waals surface area contributed by atoms with Gasteiger partial charge in [-0.25, -0.2) is 9.59 Å². The number of carboxylic acid groups (broad SMARTS) is 2. The Kier molecular flexibility index (Phi) is 16.7. The minimum Gasteiger partial charge on any atom is -0.479 e. The van der Waals surface area contributed by atoms with Gasteiger partial charge in [0.15, 0.2) is 18.5 Å². The van der Waals surface area contributed by atoms with Crippen molar-refractivity contribution in [1.29, 1.82) is 0 Å². The van der Waals surface area contributed by atoms with Crippen molar-refractivity contribution in [3.63, 3.8) is 0 Å². The van der Waals surface area contributed by atoms with Crippen LogP contribution in [0.4, 0.5) is 0 Å². The predicted octanol–water partition coefficient (Wildman–Crippen LogP) is -6.78. The number of hydrogen-bond donors (Lipinski definition) is 11. The Morgan fingerprint density at radius 1 is 0.704 bits per heavy atom. The first-order chi connectivity index (χ1) is 11.8. The van der Waals surface area contributed by atoms with Gasteiger partial charge < -0.3 is 61.0 Å². The smallest absolute Gasteiger partial charge is 0.335 e. The van der Waals surface area contributed by atoms with E-state index in [1.165, 1.54) is 0 Å². The van der Waals surface area contributed by atoms with Crippen LogP contribution >= 0.6 is 0 Å². The van der Waals surface area contributed by atoms with E-state index in [-0.39, 0.29) is 22.8 Å². The maximum Gasteiger partial charge on any atom is 0.335 e. The second-order valence-electron chi connectivity index (χ2n) is 4.91. The summed E-state index contributed by atoms with van der Waals surface area (Å²) in [5, 5.41) is 95.0. The maximum atomic E-state index is 10.1. The van der Waals surface area contributed by atoms with Gasteiger partial charge in [0.25, 0.3) is 0 Å². The average Bonchev–Trinajstić information content (AvgIpc) is 2.62. The van der Waals surface area contributed by atoms with Crippen LogP contribution in [0.15, 0.2) is 0 Å². The van der Waals surface area contributed by atoms with Crippen molar-refractivity contribution < 1.29 is 87.0 Å². The quantitative estimate of drug-likeness (QED) is 0.109. The Labute approximate surface area is 161 Å². The fraction of sp³-hybridized carbons (Fsp3) is 0.750. The second-order valence-corrected chi connectivity index (χ2v) is 4.91. The van der Waals surface area contributed by atoms with Gasteiger partial charge in [0.2, 0.25) is 0 Å². The predicted molar refractivity (Wildman–Crippen MR) is 76.5 cm³/mol. The molecule has 0 amide bonds. The molecule has 0 aliphatic carbocycles. The van der Waals surface area contributed by atoms with E-state index in [4.69, 9.17) is 56.2 Å². The number of aldehydes is 1. The Morgan fingerprint density at radius 2 is 1.04 bits per heavy atom. The van der Waals surface area contributed by atoms with Crippen LogP contribution in [0, 0.1) is 0 Å². The van der Waals surface area contributed by atoms with Gasteiger partial charge in [-0.3, -0.25) is 0 Å². The first-order valence-corrected chi connectivity index (χ1v) is 6.79. The molecule has 0 rings (SSSR count). The van der Waals surface area contributed by atoms with Crippen LogP contribution in [0.3, 0.4) is 0 Å². The average molecular weight is 449 g/mol. The van der Waals surface area contributed by atoms with Crippen LogP contribution in [-0.4, -0.2) is 130 Å². The van der Waals surface area contributed by atoms with Crippen molar-refractivity contribution in [2.24, 2.45) is 0 Å². The third-order valence-corrected chi connectivity index (χ3v) is 2.92. The Balaban J connectivity index is -0.000000416. The van der Waals surface area contributed by atoms with Crippen LogP contribution in [0.1, 0.15) is 0 Å². The van der Waals surface area contributed by atoms with Gasteiger partial charge in [-0.15, -0.1) is 0 Å². The van der Waals surface area contributed by atoms with E-state index in [0.29, 0.717) is 0 Å². The van der Waals surface area contributed by atoms with Crippen molar-refractivity contribution in [2.75, 3.05) is 6.61 Å². The fourth-order valence-corrected chi connectivity index (χ4v) is 1.28. The minimum atomic E-state index is -2.36. The molecule has 0 saturated heterocycles. The molecule has 0 radical (unpaired) electrons. The van der Waals surface area contributed by atoms with Crippen molar-refractivity contribution in [3.8, 4) is 0 Å². The monoisotopic (exact) mass is 448 g/mol. The SMILES string of the molecule is O=C(O)C(O)C(O)C(O)C(O)C(=O)O.O=CC(O)C(O)C(O)C(O)CO.[Ni]. The van der Waals surface area contributed by atoms with Gasteiger partial charge in [0.05, 0.1) is 6.61 Å². The molecule has 0 aromatic carbocycles. The molecule has 0 spiro atoms. The van der Waals surface area contributed by atoms with E-state index in [9.17, 15) is 14.4 Å². The largest absolute Gasteiger partial charge is 0.479 e. The van der Waals surface area contributed by atoms with E-state index in [2.05, 4.69) is 0 Å². The van der Waals surface area contributed by atoms with Gasteiger partial charge in [-0.05, 0) is 0 Å². The molecular weight excluding hydrogens is 427 g/mol. The van der Waals surface area contributed by atoms with Gasteiger partial charge in [0.1, 0.15) is 36.6 Å². The van der Waals surface area contributed by atoms with E-state index in [0.717, 1.165) is 0 Å². The molecule has 8 atom stereocenters. The molecule has 0 heterocycles. The Hall–Kier alpha value is -1.26. The molecule has 0 aliphatic rings. The molecule has 0 aromatic rings. The summed E-state index contributed by atoms with van der Waals surface area (Å²) in [7, 11) is 0. The molecule has 0 saturated carbocycles. The van der Waals surface area contributed by atoms with E-state index >= 15 is 0 Å². The van der Waals surface area contributed by atoms with Crippen LogP contribution in [0.2, 0.25) is 0 Å². The molecule has 164 valence electrons. The zero-order chi connectivity index (χ0) is 21.2. The zero-order valence-corrected chi connectivity index (χ0v) is 14.4. The summed E-state index contributed by atoms with van der Waals surface area (Å²) in [5.74, 6) is -3.68. The molecule has 15 heteroatoms. The summed E-state index contributed by atoms with van der Waals surface area (Å²) in [4.78, 5) is 30.1. The summed E-state index contributed by atoms with van der Waals surface area (Å²) in [6.07, 6.45) is -16.1. The minimum absolute atomic E-state index is 0. The molecule has 0 aliphatic heterocycles. The van der Waals surface area contributed by atoms with Crippen LogP contribution in [0.5, 0.6) is 0 Å². The number of rotatable bonds is 10. The molecule has 11 N–H and O–H groups in total. The normalized spacial score (nSPS) is 19.4. The number of carbonyl (C=O) groups is 3. The molecule has 0 aromatic heterocycles. The molecule has 14 nitrogen and oxygen atoms in total. The van der Waals surface area contributed by atoms with Gasteiger partial charge >= 0.3 is 11.9 Å². The zero-order valence-electron chi connectivity index (χ0n) is 13.4. The van der Waals surface area contributed by atoms with E-state index < -0.39 is 67.4 Å². The fourth-order valence-electron chi connectivity index (χ4n) is 1.28. The molecule has 27 heavy (non-hydrogen) atoms. The second kappa shape index (κ2) is 14.8. The molecule has 0 bridgehead atoms. The topological polar surface area (TPSA) is 274 Å². The number of hydrogen-bond acceptors (Lipinski definition) is 12. The van der Waals surface area contributed by atoms with Crippen molar-refractivity contribution in [3.05, 3.63) is 0 Å². The molecular formula is C12H22NiO14. The summed E-state index contributed by atoms with van der Waals surface area (Å²) < 4.78 is 0. The number of aliphatic carboxylic acids is 2. The number of aliphatic hydroxyl groups excluding tert-OH is 9. The molecule has 8 unspecified atom stereocenters. The first kappa shape index (κ1) is 30.5. The Bertz CT molecular complexity index is 424. The van der Waals surface area contributed by atoms with E-state index in [1.807, 2.05) is 0 Å². The van der Waals surface area contributed by atoms with Crippen LogP contribution < -0.4 is 0 Å². The third-order valence-electron chi connectivity index (χ3n) is 2.92. The number of carbonyl (C=O) groups excluding carboxylic acids is 1. The van der Waals surface area contributed by atoms with Crippen molar-refractivity contribution in [1.82, 2.24) is 0 Å². The Morgan fingerprint density at radius 3 is 1.26 bits per heavy atom. The van der Waals surface area contributed by atoms with Crippen LogP contribution in [0.25, 0.3) is 0 Å². The standard InChI is InChI=1S/C6H10O8.C6H12O6.Ni/c7-1(3(9)5(11)12)2(8)4(10)6(13)14;7-1-3(9)5(11)6(12)4(10)2-8;/h1-4,7-10H,(H,11,12)(H,13,14);1,3-6,8-12H,2H2;. The van der Waals surface area contributed by atoms with Crippen molar-refractivity contribution >= 4 is 18.2 Å². The van der Waals surface area contributed by atoms with Crippen LogP contribution in [-0.2, 0) is 30.9 Å². The van der Waals surface area contributed by atoms with Gasteiger partial charge in [-0.2, -0.15) is 0 Å². The summed E-state index contributed by atoms with van der Waals surface area (Å²) in [5.41, 5.74) is 0.